The Hall–Kier alpha value is -5.08. The lowest BCUT2D eigenvalue weighted by atomic mass is 10.0. The van der Waals surface area contributed by atoms with E-state index in [2.05, 4.69) is 5.32 Å². The number of imide groups is 1. The summed E-state index contributed by atoms with van der Waals surface area (Å²) in [6.45, 7) is 0. The van der Waals surface area contributed by atoms with E-state index in [0.717, 1.165) is 4.90 Å². The lowest BCUT2D eigenvalue weighted by Gasteiger charge is -2.14. The number of hydrogen-bond donors (Lipinski definition) is 2. The average Bonchev–Trinajstić information content (AvgIpc) is 3.17. The molecule has 0 saturated heterocycles. The summed E-state index contributed by atoms with van der Waals surface area (Å²) in [6.07, 6.45) is 0. The molecule has 2 N–H and O–H groups in total. The largest absolute Gasteiger partial charge is 0.478 e. The van der Waals surface area contributed by atoms with Gasteiger partial charge in [0.2, 0.25) is 0 Å². The molecule has 0 spiro atoms. The number of carbonyl (C=O) groups excluding carboxylic acids is 4. The van der Waals surface area contributed by atoms with Gasteiger partial charge in [-0.25, -0.2) is 9.69 Å². The lowest BCUT2D eigenvalue weighted by Crippen LogP contribution is -2.29. The molecule has 0 radical (unpaired) electrons. The Kier molecular flexibility index (Phi) is 6.32. The van der Waals surface area contributed by atoms with E-state index in [-0.39, 0.29) is 44.4 Å². The van der Waals surface area contributed by atoms with Crippen molar-refractivity contribution < 1.29 is 29.1 Å². The summed E-state index contributed by atoms with van der Waals surface area (Å²) in [7, 11) is 0. The first kappa shape index (κ1) is 24.6. The fraction of sp³-hybridized carbons (Fsp3) is 0. The summed E-state index contributed by atoms with van der Waals surface area (Å²) in [4.78, 5) is 64.6. The molecule has 186 valence electrons. The number of hydrogen-bond acceptors (Lipinski definition) is 5. The Balaban J connectivity index is 1.43. The van der Waals surface area contributed by atoms with Gasteiger partial charge in [0, 0.05) is 21.7 Å². The summed E-state index contributed by atoms with van der Waals surface area (Å²) >= 11 is 5.95. The highest BCUT2D eigenvalue weighted by atomic mass is 35.5. The molecule has 3 amide bonds. The third-order valence-corrected chi connectivity index (χ3v) is 6.25. The van der Waals surface area contributed by atoms with Crippen LogP contribution in [-0.2, 0) is 0 Å². The van der Waals surface area contributed by atoms with E-state index in [1.807, 2.05) is 0 Å². The number of aromatic carboxylic acids is 1. The minimum Gasteiger partial charge on any atom is -0.478 e. The molecule has 9 heteroatoms. The van der Waals surface area contributed by atoms with E-state index in [4.69, 9.17) is 11.6 Å². The topological polar surface area (TPSA) is 121 Å². The molecule has 5 rings (SSSR count). The summed E-state index contributed by atoms with van der Waals surface area (Å²) in [6, 6.07) is 22.8. The molecule has 0 unspecified atom stereocenters. The summed E-state index contributed by atoms with van der Waals surface area (Å²) in [5.41, 5.74) is 0.956. The molecule has 1 aliphatic rings. The van der Waals surface area contributed by atoms with E-state index in [0.29, 0.717) is 11.1 Å². The van der Waals surface area contributed by atoms with Gasteiger partial charge in [0.25, 0.3) is 17.7 Å². The molecule has 4 aromatic carbocycles. The smallest absolute Gasteiger partial charge is 0.337 e. The molecule has 8 nitrogen and oxygen atoms in total. The fourth-order valence-electron chi connectivity index (χ4n) is 4.16. The van der Waals surface area contributed by atoms with Crippen LogP contribution in [0.4, 0.5) is 11.4 Å². The molecule has 0 atom stereocenters. The van der Waals surface area contributed by atoms with Crippen LogP contribution in [-0.4, -0.2) is 34.6 Å². The Morgan fingerprint density at radius 1 is 0.711 bits per heavy atom. The molecule has 0 bridgehead atoms. The van der Waals surface area contributed by atoms with Crippen LogP contribution in [0.5, 0.6) is 0 Å². The van der Waals surface area contributed by atoms with Crippen molar-refractivity contribution in [2.75, 3.05) is 10.2 Å². The molecular formula is C29H17ClN2O6. The van der Waals surface area contributed by atoms with Gasteiger partial charge in [0.05, 0.1) is 28.1 Å². The monoisotopic (exact) mass is 524 g/mol. The molecule has 0 aliphatic carbocycles. The van der Waals surface area contributed by atoms with E-state index in [1.54, 1.807) is 48.5 Å². The highest BCUT2D eigenvalue weighted by Gasteiger charge is 2.37. The van der Waals surface area contributed by atoms with Gasteiger partial charge in [-0.15, -0.1) is 0 Å². The lowest BCUT2D eigenvalue weighted by molar-refractivity contribution is 0.0697. The number of amides is 3. The van der Waals surface area contributed by atoms with E-state index in [9.17, 15) is 29.1 Å². The standard InChI is InChI=1S/C29H17ClN2O6/c30-19-10-12-22(29(37)38)24(15-19)31-26(34)18-9-11-21-23(14-18)28(36)32(27(21)35)20-8-4-7-17(13-20)25(33)16-5-2-1-3-6-16/h1-15H,(H,31,34)(H,37,38). The second kappa shape index (κ2) is 9.76. The van der Waals surface area contributed by atoms with Crippen molar-refractivity contribution in [3.05, 3.63) is 129 Å². The molecule has 0 saturated carbocycles. The third kappa shape index (κ3) is 4.44. The van der Waals surface area contributed by atoms with Gasteiger partial charge < -0.3 is 10.4 Å². The maximum atomic E-state index is 13.3. The maximum absolute atomic E-state index is 13.3. The second-order valence-electron chi connectivity index (χ2n) is 8.40. The van der Waals surface area contributed by atoms with Gasteiger partial charge in [-0.3, -0.25) is 19.2 Å². The Morgan fingerprint density at radius 3 is 2.16 bits per heavy atom. The number of carbonyl (C=O) groups is 5. The van der Waals surface area contributed by atoms with E-state index >= 15 is 0 Å². The van der Waals surface area contributed by atoms with Gasteiger partial charge >= 0.3 is 5.97 Å². The molecule has 1 aliphatic heterocycles. The number of halogens is 1. The minimum atomic E-state index is -1.25. The molecule has 38 heavy (non-hydrogen) atoms. The molecule has 0 aromatic heterocycles. The summed E-state index contributed by atoms with van der Waals surface area (Å²) in [5, 5.41) is 12.1. The zero-order valence-corrected chi connectivity index (χ0v) is 20.2. The number of nitrogens with zero attached hydrogens (tertiary/aromatic N) is 1. The Labute approximate surface area is 221 Å². The number of nitrogens with one attached hydrogen (secondary N) is 1. The highest BCUT2D eigenvalue weighted by molar-refractivity contribution is 6.35. The second-order valence-corrected chi connectivity index (χ2v) is 8.84. The van der Waals surface area contributed by atoms with Crippen LogP contribution < -0.4 is 10.2 Å². The van der Waals surface area contributed by atoms with Gasteiger partial charge in [-0.1, -0.05) is 54.1 Å². The van der Waals surface area contributed by atoms with Crippen LogP contribution in [0.1, 0.15) is 57.4 Å². The quantitative estimate of drug-likeness (QED) is 0.260. The minimum absolute atomic E-state index is 0.00647. The Bertz CT molecular complexity index is 1670. The van der Waals surface area contributed by atoms with Crippen molar-refractivity contribution in [2.24, 2.45) is 0 Å². The van der Waals surface area contributed by atoms with Crippen molar-refractivity contribution in [3.63, 3.8) is 0 Å². The summed E-state index contributed by atoms with van der Waals surface area (Å²) in [5.74, 6) is -3.45. The number of benzene rings is 4. The van der Waals surface area contributed by atoms with Crippen LogP contribution >= 0.6 is 11.6 Å². The van der Waals surface area contributed by atoms with Crippen molar-refractivity contribution in [1.82, 2.24) is 0 Å². The summed E-state index contributed by atoms with van der Waals surface area (Å²) < 4.78 is 0. The zero-order valence-electron chi connectivity index (χ0n) is 19.5. The number of carboxylic acids is 1. The average molecular weight is 525 g/mol. The van der Waals surface area contributed by atoms with Crippen LogP contribution in [0.15, 0.2) is 91.0 Å². The first-order chi connectivity index (χ1) is 18.2. The molecular weight excluding hydrogens is 508 g/mol. The number of anilines is 2. The van der Waals surface area contributed by atoms with Gasteiger partial charge in [0.15, 0.2) is 5.78 Å². The highest BCUT2D eigenvalue weighted by Crippen LogP contribution is 2.30. The molecule has 4 aromatic rings. The van der Waals surface area contributed by atoms with E-state index in [1.165, 1.54) is 42.5 Å². The molecule has 1 heterocycles. The molecule has 0 fully saturated rings. The SMILES string of the molecule is O=C(Nc1cc(Cl)ccc1C(=O)O)c1ccc2c(c1)C(=O)N(c1cccc(C(=O)c3ccccc3)c1)C2=O. The van der Waals surface area contributed by atoms with Crippen LogP contribution in [0.25, 0.3) is 0 Å². The zero-order chi connectivity index (χ0) is 27.0. The van der Waals surface area contributed by atoms with Crippen LogP contribution in [0.2, 0.25) is 5.02 Å². The van der Waals surface area contributed by atoms with Crippen molar-refractivity contribution in [1.29, 1.82) is 0 Å². The van der Waals surface area contributed by atoms with E-state index < -0.39 is 23.7 Å². The van der Waals surface area contributed by atoms with Crippen LogP contribution in [0.3, 0.4) is 0 Å². The number of rotatable bonds is 6. The van der Waals surface area contributed by atoms with Gasteiger partial charge in [0.1, 0.15) is 0 Å². The number of carboxylic acid groups (broad SMARTS) is 1. The first-order valence-electron chi connectivity index (χ1n) is 11.3. The predicted octanol–water partition coefficient (Wildman–Crippen LogP) is 5.32. The van der Waals surface area contributed by atoms with Gasteiger partial charge in [-0.05, 0) is 48.5 Å². The van der Waals surface area contributed by atoms with Crippen molar-refractivity contribution in [2.45, 2.75) is 0 Å². The predicted molar refractivity (Wildman–Crippen MR) is 140 cm³/mol. The third-order valence-electron chi connectivity index (χ3n) is 6.01. The normalized spacial score (nSPS) is 12.3. The van der Waals surface area contributed by atoms with Gasteiger partial charge in [-0.2, -0.15) is 0 Å². The first-order valence-corrected chi connectivity index (χ1v) is 11.7. The van der Waals surface area contributed by atoms with Crippen LogP contribution in [0, 0.1) is 0 Å². The van der Waals surface area contributed by atoms with Crippen molar-refractivity contribution in [3.8, 4) is 0 Å². The number of ketones is 1. The Morgan fingerprint density at radius 2 is 1.42 bits per heavy atom. The van der Waals surface area contributed by atoms with Crippen molar-refractivity contribution >= 4 is 52.4 Å². The fourth-order valence-corrected chi connectivity index (χ4v) is 4.33. The maximum Gasteiger partial charge on any atom is 0.337 e. The number of fused-ring (bicyclic) bond motifs is 1.